The van der Waals surface area contributed by atoms with Gasteiger partial charge in [-0.1, -0.05) is 29.0 Å². The molecule has 0 spiro atoms. The molecule has 0 aliphatic heterocycles. The number of Topliss-reactive ketones (excluding diaryl/α,β-unsaturated/α-hetero) is 1. The maximum Gasteiger partial charge on any atom is 0.326 e. The number of ketones is 1. The van der Waals surface area contributed by atoms with Gasteiger partial charge in [-0.25, -0.2) is 0 Å². The van der Waals surface area contributed by atoms with Crippen LogP contribution < -0.4 is 4.87 Å². The number of ether oxygens (including phenoxy) is 1. The van der Waals surface area contributed by atoms with Crippen molar-refractivity contribution in [2.24, 2.45) is 0 Å². The third kappa shape index (κ3) is 3.71. The highest BCUT2D eigenvalue weighted by Crippen LogP contribution is 2.11. The van der Waals surface area contributed by atoms with E-state index in [2.05, 4.69) is 0 Å². The number of hydrogen-bond donors (Lipinski definition) is 0. The second-order valence-electron chi connectivity index (χ2n) is 5.13. The van der Waals surface area contributed by atoms with Crippen molar-refractivity contribution < 1.29 is 14.3 Å². The van der Waals surface area contributed by atoms with E-state index in [9.17, 15) is 14.4 Å². The van der Waals surface area contributed by atoms with Gasteiger partial charge in [-0.05, 0) is 32.4 Å². The molecular formula is C16H17NO4S. The number of aryl methyl sites for hydroxylation is 3. The summed E-state index contributed by atoms with van der Waals surface area (Å²) in [5.74, 6) is -0.841. The molecule has 0 atom stereocenters. The van der Waals surface area contributed by atoms with Crippen LogP contribution in [0.2, 0.25) is 0 Å². The minimum atomic E-state index is -0.595. The Kier molecular flexibility index (Phi) is 4.92. The number of hydrogen-bond acceptors (Lipinski definition) is 5. The van der Waals surface area contributed by atoms with Gasteiger partial charge in [0, 0.05) is 16.6 Å². The van der Waals surface area contributed by atoms with Crippen molar-refractivity contribution in [2.45, 2.75) is 27.3 Å². The number of aromatic nitrogens is 1. The molecule has 1 aromatic heterocycles. The van der Waals surface area contributed by atoms with Crippen molar-refractivity contribution in [1.29, 1.82) is 0 Å². The van der Waals surface area contributed by atoms with Crippen LogP contribution in [0.1, 0.15) is 27.2 Å². The molecule has 0 saturated carbocycles. The molecule has 0 bridgehead atoms. The van der Waals surface area contributed by atoms with Crippen molar-refractivity contribution in [3.05, 3.63) is 55.6 Å². The van der Waals surface area contributed by atoms with Crippen LogP contribution in [-0.4, -0.2) is 22.9 Å². The molecule has 1 aromatic carbocycles. The van der Waals surface area contributed by atoms with Gasteiger partial charge in [0.05, 0.1) is 0 Å². The Morgan fingerprint density at radius 2 is 1.95 bits per heavy atom. The first kappa shape index (κ1) is 16.2. The maximum atomic E-state index is 12.1. The zero-order chi connectivity index (χ0) is 16.3. The van der Waals surface area contributed by atoms with Gasteiger partial charge in [0.15, 0.2) is 6.61 Å². The van der Waals surface area contributed by atoms with E-state index in [4.69, 9.17) is 4.74 Å². The molecule has 2 rings (SSSR count). The van der Waals surface area contributed by atoms with Gasteiger partial charge in [0.1, 0.15) is 6.54 Å². The largest absolute Gasteiger partial charge is 0.456 e. The van der Waals surface area contributed by atoms with Gasteiger partial charge in [-0.2, -0.15) is 0 Å². The fraction of sp³-hybridized carbons (Fsp3) is 0.312. The highest BCUT2D eigenvalue weighted by atomic mass is 32.1. The van der Waals surface area contributed by atoms with Crippen LogP contribution in [-0.2, 0) is 16.1 Å². The lowest BCUT2D eigenvalue weighted by Gasteiger charge is -2.08. The lowest BCUT2D eigenvalue weighted by Crippen LogP contribution is -2.24. The lowest BCUT2D eigenvalue weighted by atomic mass is 10.0. The van der Waals surface area contributed by atoms with Crippen LogP contribution in [0.5, 0.6) is 0 Å². The lowest BCUT2D eigenvalue weighted by molar-refractivity contribution is -0.143. The number of thiazole rings is 1. The summed E-state index contributed by atoms with van der Waals surface area (Å²) < 4.78 is 6.32. The summed E-state index contributed by atoms with van der Waals surface area (Å²) in [6, 6.07) is 5.56. The van der Waals surface area contributed by atoms with Crippen molar-refractivity contribution in [3.63, 3.8) is 0 Å². The predicted molar refractivity (Wildman–Crippen MR) is 84.5 cm³/mol. The molecule has 1 heterocycles. The quantitative estimate of drug-likeness (QED) is 0.626. The molecule has 0 unspecified atom stereocenters. The summed E-state index contributed by atoms with van der Waals surface area (Å²) in [4.78, 5) is 35.2. The van der Waals surface area contributed by atoms with Crippen LogP contribution in [0.15, 0.2) is 28.4 Å². The fourth-order valence-electron chi connectivity index (χ4n) is 2.03. The Labute approximate surface area is 132 Å². The Bertz CT molecular complexity index is 773. The average molecular weight is 319 g/mol. The average Bonchev–Trinajstić information content (AvgIpc) is 2.79. The number of nitrogens with zero attached hydrogens (tertiary/aromatic N) is 1. The normalized spacial score (nSPS) is 10.5. The van der Waals surface area contributed by atoms with E-state index < -0.39 is 5.97 Å². The monoisotopic (exact) mass is 319 g/mol. The van der Waals surface area contributed by atoms with Gasteiger partial charge in [-0.3, -0.25) is 19.0 Å². The Morgan fingerprint density at radius 3 is 2.59 bits per heavy atom. The van der Waals surface area contributed by atoms with Gasteiger partial charge in [-0.15, -0.1) is 0 Å². The topological polar surface area (TPSA) is 65.4 Å². The first-order valence-corrected chi connectivity index (χ1v) is 7.67. The van der Waals surface area contributed by atoms with E-state index in [0.29, 0.717) is 11.3 Å². The zero-order valence-corrected chi connectivity index (χ0v) is 13.5. The molecule has 0 N–H and O–H groups in total. The highest BCUT2D eigenvalue weighted by molar-refractivity contribution is 7.07. The summed E-state index contributed by atoms with van der Waals surface area (Å²) in [5.41, 5.74) is 3.07. The third-order valence-corrected chi connectivity index (χ3v) is 4.20. The number of esters is 1. The molecule has 5 nitrogen and oxygen atoms in total. The van der Waals surface area contributed by atoms with Crippen LogP contribution >= 0.6 is 11.3 Å². The van der Waals surface area contributed by atoms with Crippen molar-refractivity contribution >= 4 is 23.1 Å². The Balaban J connectivity index is 1.98. The summed E-state index contributed by atoms with van der Waals surface area (Å²) in [6.07, 6.45) is 0. The fourth-order valence-corrected chi connectivity index (χ4v) is 2.77. The van der Waals surface area contributed by atoms with E-state index in [1.165, 1.54) is 4.57 Å². The van der Waals surface area contributed by atoms with Crippen LogP contribution in [0.25, 0.3) is 0 Å². The van der Waals surface area contributed by atoms with Gasteiger partial charge in [0.25, 0.3) is 0 Å². The van der Waals surface area contributed by atoms with E-state index in [1.807, 2.05) is 26.0 Å². The third-order valence-electron chi connectivity index (χ3n) is 3.32. The summed E-state index contributed by atoms with van der Waals surface area (Å²) in [7, 11) is 0. The van der Waals surface area contributed by atoms with Crippen LogP contribution in [0, 0.1) is 20.8 Å². The first-order chi connectivity index (χ1) is 10.4. The van der Waals surface area contributed by atoms with E-state index >= 15 is 0 Å². The van der Waals surface area contributed by atoms with E-state index in [-0.39, 0.29) is 23.8 Å². The predicted octanol–water partition coefficient (Wildman–Crippen LogP) is 2.26. The highest BCUT2D eigenvalue weighted by Gasteiger charge is 2.14. The molecule has 0 amide bonds. The number of carbonyl (C=O) groups is 2. The summed E-state index contributed by atoms with van der Waals surface area (Å²) >= 11 is 1.03. The zero-order valence-electron chi connectivity index (χ0n) is 12.7. The smallest absolute Gasteiger partial charge is 0.326 e. The van der Waals surface area contributed by atoms with Gasteiger partial charge >= 0.3 is 10.8 Å². The van der Waals surface area contributed by atoms with Crippen LogP contribution in [0.3, 0.4) is 0 Å². The summed E-state index contributed by atoms with van der Waals surface area (Å²) in [6.45, 7) is 4.98. The first-order valence-electron chi connectivity index (χ1n) is 6.79. The van der Waals surface area contributed by atoms with Gasteiger partial charge < -0.3 is 4.74 Å². The SMILES string of the molecule is Cc1ccc(C)c(C(=O)COC(=O)Cn2c(C)csc2=O)c1. The molecule has 0 aliphatic rings. The second-order valence-corrected chi connectivity index (χ2v) is 5.95. The van der Waals surface area contributed by atoms with Crippen molar-refractivity contribution in [2.75, 3.05) is 6.61 Å². The molecule has 6 heteroatoms. The minimum absolute atomic E-state index is 0.172. The Morgan fingerprint density at radius 1 is 1.23 bits per heavy atom. The van der Waals surface area contributed by atoms with Crippen molar-refractivity contribution in [1.82, 2.24) is 4.57 Å². The molecular weight excluding hydrogens is 302 g/mol. The Hall–Kier alpha value is -2.21. The van der Waals surface area contributed by atoms with E-state index in [0.717, 1.165) is 22.5 Å². The van der Waals surface area contributed by atoms with Crippen molar-refractivity contribution in [3.8, 4) is 0 Å². The molecule has 0 saturated heterocycles. The van der Waals surface area contributed by atoms with E-state index in [1.54, 1.807) is 18.4 Å². The molecule has 0 radical (unpaired) electrons. The molecule has 2 aromatic rings. The maximum absolute atomic E-state index is 12.1. The number of carbonyl (C=O) groups excluding carboxylic acids is 2. The number of benzene rings is 1. The molecule has 116 valence electrons. The van der Waals surface area contributed by atoms with Crippen LogP contribution in [0.4, 0.5) is 0 Å². The van der Waals surface area contributed by atoms with Gasteiger partial charge in [0.2, 0.25) is 5.78 Å². The molecule has 0 aliphatic carbocycles. The number of rotatable bonds is 5. The standard InChI is InChI=1S/C16H17NO4S/c1-10-4-5-11(2)13(6-10)14(18)8-21-15(19)7-17-12(3)9-22-16(17)20/h4-6,9H,7-8H2,1-3H3. The second kappa shape index (κ2) is 6.70. The molecule has 22 heavy (non-hydrogen) atoms. The summed E-state index contributed by atoms with van der Waals surface area (Å²) in [5, 5.41) is 1.68. The minimum Gasteiger partial charge on any atom is -0.456 e. The molecule has 0 fully saturated rings.